The first kappa shape index (κ1) is 18.6. The third-order valence-electron chi connectivity index (χ3n) is 3.26. The lowest BCUT2D eigenvalue weighted by molar-refractivity contribution is -0.119. The first-order valence-electron chi connectivity index (χ1n) is 7.34. The van der Waals surface area contributed by atoms with Gasteiger partial charge in [0.05, 0.1) is 26.0 Å². The molecule has 1 aromatic heterocycles. The van der Waals surface area contributed by atoms with Crippen LogP contribution in [0.3, 0.4) is 0 Å². The second-order valence-corrected chi connectivity index (χ2v) is 5.96. The number of hydrogen-bond donors (Lipinski definition) is 3. The van der Waals surface area contributed by atoms with E-state index in [1.165, 1.54) is 0 Å². The number of amides is 1. The number of rotatable bonds is 7. The Hall–Kier alpha value is -2.75. The van der Waals surface area contributed by atoms with Crippen LogP contribution in [0.25, 0.3) is 0 Å². The molecule has 0 unspecified atom stereocenters. The molecule has 2 aromatic rings. The molecule has 25 heavy (non-hydrogen) atoms. The van der Waals surface area contributed by atoms with Crippen LogP contribution in [0.5, 0.6) is 11.5 Å². The number of nitrogen functional groups attached to an aromatic ring is 2. The van der Waals surface area contributed by atoms with Crippen molar-refractivity contribution in [3.63, 3.8) is 0 Å². The van der Waals surface area contributed by atoms with Crippen molar-refractivity contribution in [3.05, 3.63) is 23.8 Å². The summed E-state index contributed by atoms with van der Waals surface area (Å²) in [7, 11) is 3.16. The molecule has 0 aliphatic carbocycles. The van der Waals surface area contributed by atoms with E-state index in [1.807, 2.05) is 13.0 Å². The van der Waals surface area contributed by atoms with E-state index in [0.29, 0.717) is 16.7 Å². The molecule has 5 N–H and O–H groups in total. The SMILES string of the molecule is COc1ccc(OC)c([C@@H](C)NC(=O)CSc2nc(N)nc(N)n2)c1. The molecule has 0 saturated heterocycles. The van der Waals surface area contributed by atoms with Crippen LogP contribution < -0.4 is 26.3 Å². The molecule has 134 valence electrons. The zero-order chi connectivity index (χ0) is 18.4. The first-order valence-corrected chi connectivity index (χ1v) is 8.32. The summed E-state index contributed by atoms with van der Waals surface area (Å²) >= 11 is 1.12. The Labute approximate surface area is 149 Å². The molecule has 0 saturated carbocycles. The van der Waals surface area contributed by atoms with Crippen LogP contribution in [0.2, 0.25) is 0 Å². The highest BCUT2D eigenvalue weighted by atomic mass is 32.2. The van der Waals surface area contributed by atoms with Gasteiger partial charge in [0.2, 0.25) is 17.8 Å². The summed E-state index contributed by atoms with van der Waals surface area (Å²) in [6, 6.07) is 5.14. The van der Waals surface area contributed by atoms with Crippen molar-refractivity contribution in [2.75, 3.05) is 31.4 Å². The molecule has 2 rings (SSSR count). The predicted octanol–water partition coefficient (Wildman–Crippen LogP) is 1.02. The summed E-state index contributed by atoms with van der Waals surface area (Å²) in [5.74, 6) is 1.30. The summed E-state index contributed by atoms with van der Waals surface area (Å²) in [4.78, 5) is 23.7. The monoisotopic (exact) mass is 364 g/mol. The van der Waals surface area contributed by atoms with E-state index >= 15 is 0 Å². The molecule has 1 heterocycles. The highest BCUT2D eigenvalue weighted by Crippen LogP contribution is 2.29. The van der Waals surface area contributed by atoms with Crippen molar-refractivity contribution in [1.82, 2.24) is 20.3 Å². The van der Waals surface area contributed by atoms with E-state index in [1.54, 1.807) is 26.4 Å². The number of nitrogens with two attached hydrogens (primary N) is 2. The number of nitrogens with zero attached hydrogens (tertiary/aromatic N) is 3. The summed E-state index contributed by atoms with van der Waals surface area (Å²) in [6.45, 7) is 1.86. The minimum atomic E-state index is -0.272. The van der Waals surface area contributed by atoms with Gasteiger partial charge in [-0.05, 0) is 25.1 Å². The number of anilines is 2. The maximum atomic E-state index is 12.2. The van der Waals surface area contributed by atoms with Crippen LogP contribution in [0.1, 0.15) is 18.5 Å². The predicted molar refractivity (Wildman–Crippen MR) is 95.5 cm³/mol. The van der Waals surface area contributed by atoms with Crippen molar-refractivity contribution in [2.24, 2.45) is 0 Å². The molecule has 9 nitrogen and oxygen atoms in total. The lowest BCUT2D eigenvalue weighted by atomic mass is 10.1. The van der Waals surface area contributed by atoms with Gasteiger partial charge >= 0.3 is 0 Å². The lowest BCUT2D eigenvalue weighted by Gasteiger charge is -2.18. The second kappa shape index (κ2) is 8.38. The minimum absolute atomic E-state index is 0.0184. The van der Waals surface area contributed by atoms with Crippen molar-refractivity contribution in [3.8, 4) is 11.5 Å². The molecule has 0 aliphatic heterocycles. The molecular formula is C15H20N6O3S. The van der Waals surface area contributed by atoms with Gasteiger partial charge in [0.15, 0.2) is 5.16 Å². The Bertz CT molecular complexity index is 738. The van der Waals surface area contributed by atoms with Crippen molar-refractivity contribution >= 4 is 29.6 Å². The summed E-state index contributed by atoms with van der Waals surface area (Å²) in [5.41, 5.74) is 11.8. The smallest absolute Gasteiger partial charge is 0.230 e. The molecule has 0 fully saturated rings. The molecule has 1 aromatic carbocycles. The Kier molecular flexibility index (Phi) is 6.23. The van der Waals surface area contributed by atoms with E-state index in [2.05, 4.69) is 20.3 Å². The molecule has 0 aliphatic rings. The largest absolute Gasteiger partial charge is 0.497 e. The van der Waals surface area contributed by atoms with Gasteiger partial charge in [-0.2, -0.15) is 15.0 Å². The quantitative estimate of drug-likeness (QED) is 0.614. The lowest BCUT2D eigenvalue weighted by Crippen LogP contribution is -2.28. The molecule has 1 amide bonds. The number of ether oxygens (including phenoxy) is 2. The number of carbonyl (C=O) groups excluding carboxylic acids is 1. The van der Waals surface area contributed by atoms with Gasteiger partial charge in [-0.25, -0.2) is 0 Å². The summed E-state index contributed by atoms with van der Waals surface area (Å²) in [6.07, 6.45) is 0. The molecule has 0 spiro atoms. The number of hydrogen-bond acceptors (Lipinski definition) is 9. The average molecular weight is 364 g/mol. The van der Waals surface area contributed by atoms with Crippen LogP contribution >= 0.6 is 11.8 Å². The fraction of sp³-hybridized carbons (Fsp3) is 0.333. The van der Waals surface area contributed by atoms with Gasteiger partial charge in [-0.15, -0.1) is 0 Å². The minimum Gasteiger partial charge on any atom is -0.497 e. The Morgan fingerprint density at radius 3 is 2.48 bits per heavy atom. The normalized spacial score (nSPS) is 11.6. The Morgan fingerprint density at radius 2 is 1.88 bits per heavy atom. The topological polar surface area (TPSA) is 138 Å². The van der Waals surface area contributed by atoms with E-state index in [-0.39, 0.29) is 29.6 Å². The van der Waals surface area contributed by atoms with Crippen LogP contribution in [0.4, 0.5) is 11.9 Å². The summed E-state index contributed by atoms with van der Waals surface area (Å²) in [5, 5.41) is 3.19. The van der Waals surface area contributed by atoms with Crippen molar-refractivity contribution < 1.29 is 14.3 Å². The summed E-state index contributed by atoms with van der Waals surface area (Å²) < 4.78 is 10.6. The second-order valence-electron chi connectivity index (χ2n) is 5.02. The zero-order valence-corrected chi connectivity index (χ0v) is 15.0. The van der Waals surface area contributed by atoms with Gasteiger partial charge in [0.25, 0.3) is 0 Å². The van der Waals surface area contributed by atoms with Crippen LogP contribution in [-0.2, 0) is 4.79 Å². The zero-order valence-electron chi connectivity index (χ0n) is 14.1. The third kappa shape index (κ3) is 5.11. The van der Waals surface area contributed by atoms with Gasteiger partial charge in [-0.1, -0.05) is 11.8 Å². The van der Waals surface area contributed by atoms with Gasteiger partial charge in [0, 0.05) is 5.56 Å². The number of carbonyl (C=O) groups is 1. The maximum Gasteiger partial charge on any atom is 0.230 e. The fourth-order valence-electron chi connectivity index (χ4n) is 2.12. The number of benzene rings is 1. The van der Waals surface area contributed by atoms with Crippen LogP contribution in [0, 0.1) is 0 Å². The Morgan fingerprint density at radius 1 is 1.20 bits per heavy atom. The number of thioether (sulfide) groups is 1. The standard InChI is InChI=1S/C15H20N6O3S/c1-8(10-6-9(23-2)4-5-11(10)24-3)18-12(22)7-25-15-20-13(16)19-14(17)21-15/h4-6,8H,7H2,1-3H3,(H,18,22)(H4,16,17,19,20,21)/t8-/m1/s1. The van der Waals surface area contributed by atoms with E-state index in [9.17, 15) is 4.79 Å². The van der Waals surface area contributed by atoms with Crippen LogP contribution in [-0.4, -0.2) is 40.8 Å². The third-order valence-corrected chi connectivity index (χ3v) is 4.11. The van der Waals surface area contributed by atoms with Crippen LogP contribution in [0.15, 0.2) is 23.4 Å². The first-order chi connectivity index (χ1) is 11.9. The van der Waals surface area contributed by atoms with Crippen molar-refractivity contribution in [2.45, 2.75) is 18.1 Å². The molecule has 0 radical (unpaired) electrons. The average Bonchev–Trinajstić information content (AvgIpc) is 2.58. The number of aromatic nitrogens is 3. The molecule has 0 bridgehead atoms. The number of methoxy groups -OCH3 is 2. The van der Waals surface area contributed by atoms with Gasteiger partial charge in [0.1, 0.15) is 11.5 Å². The van der Waals surface area contributed by atoms with Crippen molar-refractivity contribution in [1.29, 1.82) is 0 Å². The highest BCUT2D eigenvalue weighted by molar-refractivity contribution is 7.99. The molecular weight excluding hydrogens is 344 g/mol. The van der Waals surface area contributed by atoms with Gasteiger partial charge in [-0.3, -0.25) is 4.79 Å². The molecule has 1 atom stereocenters. The fourth-order valence-corrected chi connectivity index (χ4v) is 2.78. The van der Waals surface area contributed by atoms with Gasteiger partial charge < -0.3 is 26.3 Å². The highest BCUT2D eigenvalue weighted by Gasteiger charge is 2.16. The van der Waals surface area contributed by atoms with E-state index < -0.39 is 0 Å². The van der Waals surface area contributed by atoms with E-state index in [0.717, 1.165) is 17.3 Å². The maximum absolute atomic E-state index is 12.2. The van der Waals surface area contributed by atoms with E-state index in [4.69, 9.17) is 20.9 Å². The molecule has 10 heteroatoms. The Balaban J connectivity index is 2.00. The number of nitrogens with one attached hydrogen (secondary N) is 1.